The van der Waals surface area contributed by atoms with Crippen molar-refractivity contribution in [3.8, 4) is 23.0 Å². The van der Waals surface area contributed by atoms with Gasteiger partial charge in [-0.2, -0.15) is 26.3 Å². The van der Waals surface area contributed by atoms with Gasteiger partial charge in [-0.25, -0.2) is 0 Å². The van der Waals surface area contributed by atoms with Crippen LogP contribution in [0.25, 0.3) is 0 Å². The molecule has 0 saturated carbocycles. The summed E-state index contributed by atoms with van der Waals surface area (Å²) >= 11 is 0. The van der Waals surface area contributed by atoms with Gasteiger partial charge in [-0.15, -0.1) is 0 Å². The number of aryl methyl sites for hydroxylation is 2. The van der Waals surface area contributed by atoms with Gasteiger partial charge in [0, 0.05) is 0 Å². The molecule has 55 heavy (non-hydrogen) atoms. The van der Waals surface area contributed by atoms with E-state index in [1.165, 1.54) is 75.6 Å². The maximum atomic E-state index is 15.0. The number of hydrogen-bond acceptors (Lipinski definition) is 2. The first-order valence-corrected chi connectivity index (χ1v) is 20.2. The summed E-state index contributed by atoms with van der Waals surface area (Å²) in [7, 11) is 0. The average molecular weight is 769 g/mol. The standard InChI is InChI=1S/C47H58F6O2/c1-5-7-9-17-35(3)19-15-23-37-21-11-13-25-43(37)54-41-31-27-39(28-32-41)45(46(48,49)50,47(51,52)53)40-29-33-42(34-30-40)55-44-26-14-12-22-38(44)24-16-20-36(4)18-10-8-6-2/h11-14,21-22,25-36H,5-10,15-20,23-24H2,1-4H3. The molecule has 2 unspecified atom stereocenters. The molecule has 4 aromatic carbocycles. The third kappa shape index (κ3) is 12.0. The fourth-order valence-electron chi connectivity index (χ4n) is 7.46. The van der Waals surface area contributed by atoms with E-state index in [2.05, 4.69) is 27.7 Å². The third-order valence-corrected chi connectivity index (χ3v) is 10.7. The average Bonchev–Trinajstić information content (AvgIpc) is 3.14. The Morgan fingerprint density at radius 3 is 1.15 bits per heavy atom. The summed E-state index contributed by atoms with van der Waals surface area (Å²) in [5, 5.41) is 0. The minimum atomic E-state index is -5.71. The number of alkyl halides is 6. The molecule has 0 aromatic heterocycles. The van der Waals surface area contributed by atoms with Crippen LogP contribution >= 0.6 is 0 Å². The quantitative estimate of drug-likeness (QED) is 0.0586. The van der Waals surface area contributed by atoms with Gasteiger partial charge in [0.2, 0.25) is 5.41 Å². The zero-order chi connectivity index (χ0) is 39.9. The van der Waals surface area contributed by atoms with E-state index in [4.69, 9.17) is 9.47 Å². The predicted molar refractivity (Wildman–Crippen MR) is 211 cm³/mol. The van der Waals surface area contributed by atoms with E-state index in [1.807, 2.05) is 24.3 Å². The highest BCUT2D eigenvalue weighted by Crippen LogP contribution is 2.56. The Morgan fingerprint density at radius 1 is 0.455 bits per heavy atom. The van der Waals surface area contributed by atoms with E-state index < -0.39 is 28.9 Å². The van der Waals surface area contributed by atoms with Crippen LogP contribution < -0.4 is 9.47 Å². The molecule has 0 fully saturated rings. The van der Waals surface area contributed by atoms with Crippen molar-refractivity contribution in [2.75, 3.05) is 0 Å². The first-order valence-electron chi connectivity index (χ1n) is 20.2. The lowest BCUT2D eigenvalue weighted by molar-refractivity contribution is -0.288. The molecule has 300 valence electrons. The molecular formula is C47H58F6O2. The Bertz CT molecular complexity index is 1570. The van der Waals surface area contributed by atoms with Gasteiger partial charge in [-0.1, -0.05) is 153 Å². The molecule has 0 aliphatic carbocycles. The molecule has 4 rings (SSSR count). The van der Waals surface area contributed by atoms with Crippen LogP contribution in [0.2, 0.25) is 0 Å². The Morgan fingerprint density at radius 2 is 0.800 bits per heavy atom. The molecule has 0 N–H and O–H groups in total. The highest BCUT2D eigenvalue weighted by molar-refractivity contribution is 5.49. The van der Waals surface area contributed by atoms with E-state index in [0.717, 1.165) is 73.9 Å². The maximum Gasteiger partial charge on any atom is 0.411 e. The molecule has 2 atom stereocenters. The lowest BCUT2D eigenvalue weighted by Gasteiger charge is -2.38. The van der Waals surface area contributed by atoms with Gasteiger partial charge < -0.3 is 9.47 Å². The fourth-order valence-corrected chi connectivity index (χ4v) is 7.46. The van der Waals surface area contributed by atoms with Crippen LogP contribution in [0.5, 0.6) is 23.0 Å². The van der Waals surface area contributed by atoms with Crippen molar-refractivity contribution in [3.63, 3.8) is 0 Å². The largest absolute Gasteiger partial charge is 0.457 e. The normalized spacial score (nSPS) is 13.4. The highest BCUT2D eigenvalue weighted by Gasteiger charge is 2.72. The van der Waals surface area contributed by atoms with Crippen LogP contribution in [0.3, 0.4) is 0 Å². The van der Waals surface area contributed by atoms with E-state index in [1.54, 1.807) is 24.3 Å². The fraction of sp³-hybridized carbons (Fsp3) is 0.489. The van der Waals surface area contributed by atoms with Gasteiger partial charge in [0.1, 0.15) is 23.0 Å². The second kappa shape index (κ2) is 20.8. The van der Waals surface area contributed by atoms with Crippen molar-refractivity contribution in [3.05, 3.63) is 119 Å². The van der Waals surface area contributed by atoms with Crippen LogP contribution in [0.4, 0.5) is 26.3 Å². The van der Waals surface area contributed by atoms with Gasteiger partial charge in [0.25, 0.3) is 0 Å². The molecule has 8 heteroatoms. The van der Waals surface area contributed by atoms with Gasteiger partial charge in [-0.3, -0.25) is 0 Å². The number of halogens is 6. The van der Waals surface area contributed by atoms with Crippen molar-refractivity contribution < 1.29 is 35.8 Å². The van der Waals surface area contributed by atoms with Crippen molar-refractivity contribution in [1.29, 1.82) is 0 Å². The molecule has 0 aliphatic rings. The van der Waals surface area contributed by atoms with Gasteiger partial charge in [0.05, 0.1) is 0 Å². The Kier molecular flexibility index (Phi) is 16.6. The third-order valence-electron chi connectivity index (χ3n) is 10.7. The lowest BCUT2D eigenvalue weighted by atomic mass is 9.73. The van der Waals surface area contributed by atoms with Crippen LogP contribution in [-0.4, -0.2) is 12.4 Å². The second-order valence-electron chi connectivity index (χ2n) is 15.2. The van der Waals surface area contributed by atoms with E-state index in [9.17, 15) is 26.3 Å². The minimum absolute atomic E-state index is 0.149. The molecule has 0 spiro atoms. The summed E-state index contributed by atoms with van der Waals surface area (Å²) < 4.78 is 102. The molecule has 2 nitrogen and oxygen atoms in total. The summed E-state index contributed by atoms with van der Waals surface area (Å²) in [6, 6.07) is 22.9. The molecule has 4 aromatic rings. The summed E-state index contributed by atoms with van der Waals surface area (Å²) in [6.45, 7) is 8.88. The highest BCUT2D eigenvalue weighted by atomic mass is 19.4. The Balaban J connectivity index is 1.51. The van der Waals surface area contributed by atoms with Gasteiger partial charge >= 0.3 is 12.4 Å². The van der Waals surface area contributed by atoms with E-state index in [0.29, 0.717) is 23.3 Å². The number of hydrogen-bond donors (Lipinski definition) is 0. The summed E-state index contributed by atoms with van der Waals surface area (Å²) in [5.74, 6) is 2.56. The zero-order valence-electron chi connectivity index (χ0n) is 32.9. The zero-order valence-corrected chi connectivity index (χ0v) is 32.9. The molecule has 0 amide bonds. The molecule has 0 aliphatic heterocycles. The predicted octanol–water partition coefficient (Wildman–Crippen LogP) is 15.8. The van der Waals surface area contributed by atoms with Crippen LogP contribution in [-0.2, 0) is 18.3 Å². The smallest absolute Gasteiger partial charge is 0.411 e. The number of benzene rings is 4. The Labute approximate surface area is 324 Å². The molecule has 0 bridgehead atoms. The summed E-state index contributed by atoms with van der Waals surface area (Å²) in [4.78, 5) is 0. The molecule has 0 saturated heterocycles. The molecular weight excluding hydrogens is 711 g/mol. The maximum absolute atomic E-state index is 15.0. The number of unbranched alkanes of at least 4 members (excludes halogenated alkanes) is 4. The number of rotatable bonds is 22. The first kappa shape index (κ1) is 43.8. The monoisotopic (exact) mass is 768 g/mol. The molecule has 0 heterocycles. The lowest BCUT2D eigenvalue weighted by Crippen LogP contribution is -2.54. The van der Waals surface area contributed by atoms with Crippen molar-refractivity contribution in [2.24, 2.45) is 11.8 Å². The molecule has 0 radical (unpaired) electrons. The van der Waals surface area contributed by atoms with Crippen LogP contribution in [0.15, 0.2) is 97.1 Å². The minimum Gasteiger partial charge on any atom is -0.457 e. The van der Waals surface area contributed by atoms with E-state index in [-0.39, 0.29) is 11.5 Å². The second-order valence-corrected chi connectivity index (χ2v) is 15.2. The van der Waals surface area contributed by atoms with Crippen molar-refractivity contribution >= 4 is 0 Å². The van der Waals surface area contributed by atoms with Crippen molar-refractivity contribution in [2.45, 2.75) is 135 Å². The van der Waals surface area contributed by atoms with Crippen molar-refractivity contribution in [1.82, 2.24) is 0 Å². The SMILES string of the molecule is CCCCCC(C)CCCc1ccccc1Oc1ccc(C(c2ccc(Oc3ccccc3CCCC(C)CCCCC)cc2)(C(F)(F)F)C(F)(F)F)cc1. The van der Waals surface area contributed by atoms with E-state index >= 15 is 0 Å². The summed E-state index contributed by atoms with van der Waals surface area (Å²) in [6.07, 6.45) is 3.69. The van der Waals surface area contributed by atoms with Gasteiger partial charge in [-0.05, 0) is 96.2 Å². The summed E-state index contributed by atoms with van der Waals surface area (Å²) in [5.41, 5.74) is -4.32. The first-order chi connectivity index (χ1) is 26.3. The number of ether oxygens (including phenoxy) is 2. The topological polar surface area (TPSA) is 18.5 Å². The Hall–Kier alpha value is -3.94. The van der Waals surface area contributed by atoms with Crippen LogP contribution in [0, 0.1) is 11.8 Å². The van der Waals surface area contributed by atoms with Gasteiger partial charge in [0.15, 0.2) is 0 Å². The number of para-hydroxylation sites is 2. The van der Waals surface area contributed by atoms with Crippen LogP contribution in [0.1, 0.15) is 127 Å².